The average Bonchev–Trinajstić information content (AvgIpc) is 2.52. The molecule has 1 heterocycles. The van der Waals surface area contributed by atoms with Crippen LogP contribution in [0.1, 0.15) is 19.4 Å². The molecule has 92 valence electrons. The Bertz CT molecular complexity index is 421. The molecule has 2 atom stereocenters. The number of carbonyl (C=O) groups excluding carboxylic acids is 1. The molecule has 0 aliphatic carbocycles. The Balaban J connectivity index is 2.45. The summed E-state index contributed by atoms with van der Waals surface area (Å²) in [6.07, 6.45) is -0.248. The number of nitrogens with zero attached hydrogens (tertiary/aromatic N) is 1. The van der Waals surface area contributed by atoms with Gasteiger partial charge in [-0.1, -0.05) is 44.2 Å². The first-order valence-electron chi connectivity index (χ1n) is 5.67. The maximum Gasteiger partial charge on any atom is 0.411 e. The van der Waals surface area contributed by atoms with Crippen LogP contribution in [0.15, 0.2) is 30.3 Å². The summed E-state index contributed by atoms with van der Waals surface area (Å²) in [5.41, 5.74) is 1.04. The van der Waals surface area contributed by atoms with Crippen molar-refractivity contribution in [2.45, 2.75) is 23.5 Å². The molecule has 1 unspecified atom stereocenters. The van der Waals surface area contributed by atoms with E-state index < -0.39 is 3.61 Å². The van der Waals surface area contributed by atoms with Gasteiger partial charge in [0.2, 0.25) is 3.61 Å². The number of carbonyl (C=O) groups is 1. The Morgan fingerprint density at radius 3 is 2.47 bits per heavy atom. The molecule has 2 rings (SSSR count). The normalized spacial score (nSPS) is 28.6. The monoisotopic (exact) mass is 345 g/mol. The summed E-state index contributed by atoms with van der Waals surface area (Å²) >= 11 is 2.25. The second kappa shape index (κ2) is 4.48. The quantitative estimate of drug-likeness (QED) is 0.608. The zero-order chi connectivity index (χ0) is 12.6. The zero-order valence-electron chi connectivity index (χ0n) is 10.2. The van der Waals surface area contributed by atoms with Crippen molar-refractivity contribution in [1.82, 2.24) is 4.90 Å². The van der Waals surface area contributed by atoms with Crippen LogP contribution in [0.4, 0.5) is 4.79 Å². The summed E-state index contributed by atoms with van der Waals surface area (Å²) in [7, 11) is 1.80. The highest BCUT2D eigenvalue weighted by molar-refractivity contribution is 14.1. The highest BCUT2D eigenvalue weighted by atomic mass is 127. The van der Waals surface area contributed by atoms with Crippen LogP contribution < -0.4 is 0 Å². The van der Waals surface area contributed by atoms with Crippen molar-refractivity contribution in [3.8, 4) is 0 Å². The SMILES string of the molecule is CC(C)[C@@H]1N(C)C(=O)OC1(I)c1ccccc1. The molecule has 1 saturated heterocycles. The summed E-state index contributed by atoms with van der Waals surface area (Å²) in [5.74, 6) is 0.337. The summed E-state index contributed by atoms with van der Waals surface area (Å²) in [5, 5.41) is 0. The van der Waals surface area contributed by atoms with Crippen LogP contribution in [0.5, 0.6) is 0 Å². The number of rotatable bonds is 2. The van der Waals surface area contributed by atoms with Crippen LogP contribution in [-0.4, -0.2) is 24.1 Å². The van der Waals surface area contributed by atoms with Crippen molar-refractivity contribution in [2.24, 2.45) is 5.92 Å². The maximum atomic E-state index is 11.8. The van der Waals surface area contributed by atoms with Gasteiger partial charge < -0.3 is 9.64 Å². The number of cyclic esters (lactones) is 1. The van der Waals surface area contributed by atoms with Crippen LogP contribution in [0, 0.1) is 5.92 Å². The largest absolute Gasteiger partial charge is 0.425 e. The van der Waals surface area contributed by atoms with Crippen molar-refractivity contribution < 1.29 is 9.53 Å². The number of benzene rings is 1. The van der Waals surface area contributed by atoms with E-state index in [2.05, 4.69) is 36.4 Å². The van der Waals surface area contributed by atoms with Crippen LogP contribution in [0.25, 0.3) is 0 Å². The fourth-order valence-electron chi connectivity index (χ4n) is 2.39. The maximum absolute atomic E-state index is 11.8. The van der Waals surface area contributed by atoms with Gasteiger partial charge in [0.05, 0.1) is 6.04 Å². The van der Waals surface area contributed by atoms with Gasteiger partial charge in [0.15, 0.2) is 0 Å². The van der Waals surface area contributed by atoms with E-state index in [9.17, 15) is 4.79 Å². The predicted octanol–water partition coefficient (Wildman–Crippen LogP) is 3.38. The number of amides is 1. The average molecular weight is 345 g/mol. The minimum absolute atomic E-state index is 0.0537. The molecule has 0 bridgehead atoms. The van der Waals surface area contributed by atoms with Crippen molar-refractivity contribution >= 4 is 28.7 Å². The number of halogens is 1. The molecule has 1 aliphatic heterocycles. The molecule has 1 aromatic carbocycles. The third-order valence-corrected chi connectivity index (χ3v) is 4.60. The highest BCUT2D eigenvalue weighted by Gasteiger charge is 2.53. The van der Waals surface area contributed by atoms with Crippen molar-refractivity contribution in [3.05, 3.63) is 35.9 Å². The lowest BCUT2D eigenvalue weighted by Gasteiger charge is -2.32. The molecule has 0 saturated carbocycles. The smallest absolute Gasteiger partial charge is 0.411 e. The third kappa shape index (κ3) is 2.03. The molecule has 1 fully saturated rings. The Labute approximate surface area is 115 Å². The summed E-state index contributed by atoms with van der Waals surface area (Å²) < 4.78 is 5.01. The van der Waals surface area contributed by atoms with Gasteiger partial charge in [-0.3, -0.25) is 0 Å². The molecule has 0 N–H and O–H groups in total. The second-order valence-corrected chi connectivity index (χ2v) is 6.28. The first kappa shape index (κ1) is 12.7. The number of hydrogen-bond acceptors (Lipinski definition) is 2. The lowest BCUT2D eigenvalue weighted by Crippen LogP contribution is -2.41. The van der Waals surface area contributed by atoms with E-state index in [0.29, 0.717) is 5.92 Å². The molecule has 1 amide bonds. The first-order chi connectivity index (χ1) is 7.97. The minimum atomic E-state index is -0.584. The van der Waals surface area contributed by atoms with E-state index in [1.165, 1.54) is 0 Å². The minimum Gasteiger partial charge on any atom is -0.425 e. The second-order valence-electron chi connectivity index (χ2n) is 4.68. The molecule has 4 heteroatoms. The standard InChI is InChI=1S/C13H16INO2/c1-9(2)11-13(14,17-12(16)15(11)3)10-7-5-4-6-8-10/h4-9,11H,1-3H3/t11-,13?/m0/s1. The van der Waals surface area contributed by atoms with Gasteiger partial charge >= 0.3 is 6.09 Å². The topological polar surface area (TPSA) is 29.5 Å². The van der Waals surface area contributed by atoms with Gasteiger partial charge in [-0.15, -0.1) is 0 Å². The lowest BCUT2D eigenvalue weighted by molar-refractivity contribution is 0.113. The van der Waals surface area contributed by atoms with Crippen molar-refractivity contribution in [1.29, 1.82) is 0 Å². The van der Waals surface area contributed by atoms with Crippen LogP contribution >= 0.6 is 22.6 Å². The summed E-state index contributed by atoms with van der Waals surface area (Å²) in [6.45, 7) is 4.22. The third-order valence-electron chi connectivity index (χ3n) is 3.12. The number of ether oxygens (including phenoxy) is 1. The van der Waals surface area contributed by atoms with Crippen LogP contribution in [0.2, 0.25) is 0 Å². The Morgan fingerprint density at radius 2 is 1.94 bits per heavy atom. The fraction of sp³-hybridized carbons (Fsp3) is 0.462. The Hall–Kier alpha value is -0.780. The number of likely N-dealkylation sites (N-methyl/N-ethyl adjacent to an activating group) is 1. The molecule has 1 aromatic rings. The van der Waals surface area contributed by atoms with Gasteiger partial charge in [0.1, 0.15) is 0 Å². The molecular weight excluding hydrogens is 329 g/mol. The van der Waals surface area contributed by atoms with Gasteiger partial charge in [-0.05, 0) is 28.5 Å². The molecule has 3 nitrogen and oxygen atoms in total. The van der Waals surface area contributed by atoms with E-state index in [0.717, 1.165) is 5.56 Å². The lowest BCUT2D eigenvalue weighted by atomic mass is 9.93. The van der Waals surface area contributed by atoms with Crippen molar-refractivity contribution in [3.63, 3.8) is 0 Å². The van der Waals surface area contributed by atoms with Gasteiger partial charge in [0.25, 0.3) is 0 Å². The highest BCUT2D eigenvalue weighted by Crippen LogP contribution is 2.46. The molecular formula is C13H16INO2. The predicted molar refractivity (Wildman–Crippen MR) is 75.0 cm³/mol. The Kier molecular flexibility index (Phi) is 3.34. The molecule has 17 heavy (non-hydrogen) atoms. The van der Waals surface area contributed by atoms with E-state index in [4.69, 9.17) is 4.74 Å². The van der Waals surface area contributed by atoms with E-state index in [-0.39, 0.29) is 12.1 Å². The van der Waals surface area contributed by atoms with Gasteiger partial charge in [-0.2, -0.15) is 0 Å². The fourth-order valence-corrected chi connectivity index (χ4v) is 4.08. The number of hydrogen-bond donors (Lipinski definition) is 0. The molecule has 0 spiro atoms. The van der Waals surface area contributed by atoms with Crippen LogP contribution in [0.3, 0.4) is 0 Å². The molecule has 0 aromatic heterocycles. The molecule has 1 aliphatic rings. The van der Waals surface area contributed by atoms with Gasteiger partial charge in [0, 0.05) is 12.6 Å². The summed E-state index contributed by atoms with van der Waals surface area (Å²) in [6, 6.07) is 9.98. The number of alkyl halides is 1. The first-order valence-corrected chi connectivity index (χ1v) is 6.75. The Morgan fingerprint density at radius 1 is 1.35 bits per heavy atom. The van der Waals surface area contributed by atoms with Crippen molar-refractivity contribution in [2.75, 3.05) is 7.05 Å². The van der Waals surface area contributed by atoms with Gasteiger partial charge in [-0.25, -0.2) is 4.79 Å². The van der Waals surface area contributed by atoms with E-state index >= 15 is 0 Å². The van der Waals surface area contributed by atoms with Crippen LogP contribution in [-0.2, 0) is 8.34 Å². The van der Waals surface area contributed by atoms with E-state index in [1.54, 1.807) is 11.9 Å². The summed E-state index contributed by atoms with van der Waals surface area (Å²) in [4.78, 5) is 13.5. The zero-order valence-corrected chi connectivity index (χ0v) is 12.3. The van der Waals surface area contributed by atoms with E-state index in [1.807, 2.05) is 30.3 Å². The molecule has 0 radical (unpaired) electrons.